The zero-order valence-electron chi connectivity index (χ0n) is 19.6. The Hall–Kier alpha value is -3.42. The number of alkyl halides is 3. The Bertz CT molecular complexity index is 1280. The number of aromatic nitrogens is 2. The second kappa shape index (κ2) is 8.36. The lowest BCUT2D eigenvalue weighted by atomic mass is 9.75. The van der Waals surface area contributed by atoms with Crippen molar-refractivity contribution < 1.29 is 22.8 Å². The topological polar surface area (TPSA) is 55.2 Å². The molecule has 2 heterocycles. The van der Waals surface area contributed by atoms with Gasteiger partial charge in [0.05, 0.1) is 34.2 Å². The van der Waals surface area contributed by atoms with Crippen LogP contribution in [-0.2, 0) is 12.6 Å². The van der Waals surface area contributed by atoms with Gasteiger partial charge in [0.1, 0.15) is 0 Å². The lowest BCUT2D eigenvalue weighted by Gasteiger charge is -2.30. The molecule has 2 aromatic carbocycles. The fraction of sp³-hybridized carbons (Fsp3) is 0.370. The summed E-state index contributed by atoms with van der Waals surface area (Å²) >= 11 is 0. The van der Waals surface area contributed by atoms with E-state index in [0.717, 1.165) is 18.6 Å². The van der Waals surface area contributed by atoms with Crippen LogP contribution >= 0.6 is 0 Å². The van der Waals surface area contributed by atoms with Gasteiger partial charge >= 0.3 is 6.18 Å². The molecule has 1 aromatic heterocycles. The summed E-state index contributed by atoms with van der Waals surface area (Å²) in [5.41, 5.74) is 1.74. The van der Waals surface area contributed by atoms with Crippen molar-refractivity contribution >= 4 is 11.7 Å². The summed E-state index contributed by atoms with van der Waals surface area (Å²) in [6.07, 6.45) is -2.07. The number of Topliss-reactive ketones (excluding diaryl/α,β-unsaturated/α-hetero) is 1. The molecule has 0 N–H and O–H groups in total. The molecule has 0 bridgehead atoms. The maximum absolute atomic E-state index is 13.3. The normalized spacial score (nSPS) is 19.6. The van der Waals surface area contributed by atoms with Crippen LogP contribution in [0.15, 0.2) is 54.6 Å². The second-order valence-electron chi connectivity index (χ2n) is 10.1. The van der Waals surface area contributed by atoms with E-state index in [0.29, 0.717) is 54.0 Å². The molecule has 1 fully saturated rings. The van der Waals surface area contributed by atoms with Crippen LogP contribution in [0.4, 0.5) is 13.2 Å². The molecule has 0 saturated carbocycles. The van der Waals surface area contributed by atoms with Crippen LogP contribution in [0.1, 0.15) is 76.8 Å². The molecule has 35 heavy (non-hydrogen) atoms. The number of likely N-dealkylation sites (tertiary alicyclic amines) is 1. The van der Waals surface area contributed by atoms with Crippen LogP contribution in [0, 0.1) is 5.41 Å². The molecule has 5 nitrogen and oxygen atoms in total. The van der Waals surface area contributed by atoms with E-state index in [1.807, 2.05) is 32.0 Å². The van der Waals surface area contributed by atoms with Crippen molar-refractivity contribution in [2.24, 2.45) is 5.41 Å². The van der Waals surface area contributed by atoms with Gasteiger partial charge in [0, 0.05) is 18.5 Å². The van der Waals surface area contributed by atoms with E-state index in [1.54, 1.807) is 21.7 Å². The van der Waals surface area contributed by atoms with E-state index in [-0.39, 0.29) is 23.1 Å². The van der Waals surface area contributed by atoms with Crippen LogP contribution in [0.3, 0.4) is 0 Å². The minimum absolute atomic E-state index is 0.0385. The van der Waals surface area contributed by atoms with Crippen LogP contribution in [0.2, 0.25) is 0 Å². The number of fused-ring (bicyclic) bond motifs is 1. The maximum Gasteiger partial charge on any atom is 0.416 e. The Morgan fingerprint density at radius 1 is 1.03 bits per heavy atom. The van der Waals surface area contributed by atoms with Crippen molar-refractivity contribution in [1.82, 2.24) is 14.7 Å². The summed E-state index contributed by atoms with van der Waals surface area (Å²) in [6.45, 7) is 4.55. The Kier molecular flexibility index (Phi) is 5.57. The highest BCUT2D eigenvalue weighted by atomic mass is 19.4. The molecule has 1 aliphatic heterocycles. The van der Waals surface area contributed by atoms with Gasteiger partial charge in [-0.1, -0.05) is 32.0 Å². The van der Waals surface area contributed by atoms with Gasteiger partial charge in [-0.3, -0.25) is 9.59 Å². The minimum Gasteiger partial charge on any atom is -0.330 e. The quantitative estimate of drug-likeness (QED) is 0.460. The van der Waals surface area contributed by atoms with Gasteiger partial charge in [-0.05, 0) is 61.1 Å². The number of amides is 1. The summed E-state index contributed by atoms with van der Waals surface area (Å²) < 4.78 is 40.9. The monoisotopic (exact) mass is 481 g/mol. The van der Waals surface area contributed by atoms with Gasteiger partial charge in [-0.2, -0.15) is 18.3 Å². The molecule has 0 spiro atoms. The standard InChI is InChI=1S/C27H26F3N3O2/c1-26(2)15-21-23(22(34)16-26)24(31-33(21)19-12-10-18(11-13-19)27(28,29)30)20-9-6-14-32(20)25(35)17-7-4-3-5-8-17/h3-5,7-8,10-13,20H,6,9,14-16H2,1-2H3/t20-/m0/s1. The van der Waals surface area contributed by atoms with Gasteiger partial charge < -0.3 is 4.90 Å². The molecule has 8 heteroatoms. The summed E-state index contributed by atoms with van der Waals surface area (Å²) in [6, 6.07) is 13.5. The summed E-state index contributed by atoms with van der Waals surface area (Å²) in [5, 5.41) is 4.80. The maximum atomic E-state index is 13.3. The van der Waals surface area contributed by atoms with E-state index in [9.17, 15) is 22.8 Å². The van der Waals surface area contributed by atoms with Crippen molar-refractivity contribution in [3.8, 4) is 5.69 Å². The third-order valence-electron chi connectivity index (χ3n) is 6.86. The fourth-order valence-electron chi connectivity index (χ4n) is 5.26. The first-order valence-electron chi connectivity index (χ1n) is 11.7. The van der Waals surface area contributed by atoms with Gasteiger partial charge in [-0.25, -0.2) is 4.68 Å². The van der Waals surface area contributed by atoms with Crippen molar-refractivity contribution in [2.45, 2.75) is 51.7 Å². The third kappa shape index (κ3) is 4.26. The van der Waals surface area contributed by atoms with E-state index in [1.165, 1.54) is 12.1 Å². The van der Waals surface area contributed by atoms with Crippen LogP contribution in [0.5, 0.6) is 0 Å². The average Bonchev–Trinajstić information content (AvgIpc) is 3.43. The van der Waals surface area contributed by atoms with Crippen LogP contribution in [0.25, 0.3) is 5.69 Å². The molecule has 3 aromatic rings. The van der Waals surface area contributed by atoms with Gasteiger partial charge in [0.25, 0.3) is 5.91 Å². The first-order valence-corrected chi connectivity index (χ1v) is 11.7. The summed E-state index contributed by atoms with van der Waals surface area (Å²) in [7, 11) is 0. The van der Waals surface area contributed by atoms with Gasteiger partial charge in [0.2, 0.25) is 0 Å². The number of benzene rings is 2. The van der Waals surface area contributed by atoms with Gasteiger partial charge in [-0.15, -0.1) is 0 Å². The Balaban J connectivity index is 1.60. The number of carbonyl (C=O) groups is 2. The number of ketones is 1. The van der Waals surface area contributed by atoms with Crippen LogP contribution in [-0.4, -0.2) is 32.9 Å². The van der Waals surface area contributed by atoms with Gasteiger partial charge in [0.15, 0.2) is 5.78 Å². The minimum atomic E-state index is -4.44. The summed E-state index contributed by atoms with van der Waals surface area (Å²) in [4.78, 5) is 28.4. The zero-order chi connectivity index (χ0) is 25.0. The van der Waals surface area contributed by atoms with Crippen LogP contribution < -0.4 is 0 Å². The number of carbonyl (C=O) groups excluding carboxylic acids is 2. The Labute approximate surface area is 201 Å². The van der Waals surface area contributed by atoms with Crippen molar-refractivity contribution in [3.05, 3.63) is 82.7 Å². The predicted molar refractivity (Wildman–Crippen MR) is 124 cm³/mol. The smallest absolute Gasteiger partial charge is 0.330 e. The molecule has 2 aliphatic rings. The molecular weight excluding hydrogens is 455 g/mol. The number of nitrogens with zero attached hydrogens (tertiary/aromatic N) is 3. The first kappa shape index (κ1) is 23.3. The number of hydrogen-bond acceptors (Lipinski definition) is 3. The van der Waals surface area contributed by atoms with Crippen molar-refractivity contribution in [1.29, 1.82) is 0 Å². The highest BCUT2D eigenvalue weighted by Crippen LogP contribution is 2.42. The largest absolute Gasteiger partial charge is 0.416 e. The molecule has 1 amide bonds. The lowest BCUT2D eigenvalue weighted by molar-refractivity contribution is -0.137. The Morgan fingerprint density at radius 3 is 2.37 bits per heavy atom. The highest BCUT2D eigenvalue weighted by molar-refractivity contribution is 6.00. The summed E-state index contributed by atoms with van der Waals surface area (Å²) in [5.74, 6) is -0.155. The predicted octanol–water partition coefficient (Wildman–Crippen LogP) is 6.02. The lowest BCUT2D eigenvalue weighted by Crippen LogP contribution is -2.32. The molecule has 0 radical (unpaired) electrons. The second-order valence-corrected chi connectivity index (χ2v) is 10.1. The SMILES string of the molecule is CC1(C)CC(=O)c2c([C@@H]3CCCN3C(=O)c3ccccc3)nn(-c3ccc(C(F)(F)F)cc3)c2C1. The number of rotatable bonds is 3. The van der Waals surface area contributed by atoms with E-state index in [2.05, 4.69) is 0 Å². The third-order valence-corrected chi connectivity index (χ3v) is 6.86. The number of halogens is 3. The van der Waals surface area contributed by atoms with Crippen molar-refractivity contribution in [2.75, 3.05) is 6.54 Å². The van der Waals surface area contributed by atoms with Crippen molar-refractivity contribution in [3.63, 3.8) is 0 Å². The zero-order valence-corrected chi connectivity index (χ0v) is 19.6. The molecule has 182 valence electrons. The molecule has 1 saturated heterocycles. The van der Waals surface area contributed by atoms with E-state index in [4.69, 9.17) is 5.10 Å². The molecule has 1 atom stereocenters. The fourth-order valence-corrected chi connectivity index (χ4v) is 5.26. The molecular formula is C27H26F3N3O2. The van der Waals surface area contributed by atoms with E-state index < -0.39 is 11.7 Å². The molecule has 1 aliphatic carbocycles. The molecule has 0 unspecified atom stereocenters. The highest BCUT2D eigenvalue weighted by Gasteiger charge is 2.42. The molecule has 5 rings (SSSR count). The average molecular weight is 482 g/mol. The van der Waals surface area contributed by atoms with E-state index >= 15 is 0 Å². The first-order chi connectivity index (χ1) is 16.5. The Morgan fingerprint density at radius 2 is 1.71 bits per heavy atom. The number of hydrogen-bond donors (Lipinski definition) is 0.